The van der Waals surface area contributed by atoms with Crippen LogP contribution in [0.1, 0.15) is 30.9 Å². The van der Waals surface area contributed by atoms with Crippen molar-refractivity contribution in [3.05, 3.63) is 40.7 Å². The van der Waals surface area contributed by atoms with Crippen molar-refractivity contribution in [2.24, 2.45) is 5.92 Å². The molecule has 1 unspecified atom stereocenters. The number of anilines is 1. The van der Waals surface area contributed by atoms with Crippen molar-refractivity contribution in [3.63, 3.8) is 0 Å². The molecule has 1 saturated carbocycles. The van der Waals surface area contributed by atoms with Crippen LogP contribution < -0.4 is 10.5 Å². The molecular weight excluding hydrogens is 278 g/mol. The van der Waals surface area contributed by atoms with Gasteiger partial charge < -0.3 is 9.47 Å². The molecular formula is C16H21N5O. The first-order valence-electron chi connectivity index (χ1n) is 8.02. The Balaban J connectivity index is 1.54. The summed E-state index contributed by atoms with van der Waals surface area (Å²) in [4.78, 5) is 19.1. The van der Waals surface area contributed by atoms with Gasteiger partial charge in [-0.05, 0) is 37.7 Å². The van der Waals surface area contributed by atoms with E-state index in [2.05, 4.69) is 21.2 Å². The molecule has 2 aromatic rings. The molecule has 4 rings (SSSR count). The van der Waals surface area contributed by atoms with E-state index in [-0.39, 0.29) is 5.56 Å². The van der Waals surface area contributed by atoms with Crippen LogP contribution in [-0.4, -0.2) is 32.4 Å². The normalized spacial score (nSPS) is 21.5. The van der Waals surface area contributed by atoms with Crippen LogP contribution in [0, 0.1) is 12.8 Å². The minimum atomic E-state index is 0.0479. The van der Waals surface area contributed by atoms with Crippen LogP contribution in [0.25, 0.3) is 0 Å². The SMILES string of the molecule is Cc1cnn(C2CCN(c3nccn(CC4CC4)c3=O)C2)c1. The lowest BCUT2D eigenvalue weighted by molar-refractivity contribution is 0.494. The standard InChI is InChI=1S/C16H21N5O/c1-12-8-18-21(9-12)14-4-6-19(11-14)15-16(22)20(7-5-17-15)10-13-2-3-13/h5,7-9,13-14H,2-4,6,10-11H2,1H3. The van der Waals surface area contributed by atoms with Gasteiger partial charge in [-0.1, -0.05) is 0 Å². The fourth-order valence-corrected chi connectivity index (χ4v) is 3.16. The van der Waals surface area contributed by atoms with Gasteiger partial charge in [-0.25, -0.2) is 4.98 Å². The highest BCUT2D eigenvalue weighted by Crippen LogP contribution is 2.30. The Morgan fingerprint density at radius 1 is 1.32 bits per heavy atom. The van der Waals surface area contributed by atoms with Gasteiger partial charge in [0.05, 0.1) is 12.2 Å². The van der Waals surface area contributed by atoms with E-state index in [0.717, 1.165) is 26.1 Å². The predicted octanol–water partition coefficient (Wildman–Crippen LogP) is 1.61. The summed E-state index contributed by atoms with van der Waals surface area (Å²) in [7, 11) is 0. The number of hydrogen-bond acceptors (Lipinski definition) is 4. The highest BCUT2D eigenvalue weighted by atomic mass is 16.1. The maximum Gasteiger partial charge on any atom is 0.293 e. The quantitative estimate of drug-likeness (QED) is 0.860. The van der Waals surface area contributed by atoms with Crippen molar-refractivity contribution in [3.8, 4) is 0 Å². The molecule has 3 heterocycles. The summed E-state index contributed by atoms with van der Waals surface area (Å²) in [6.45, 7) is 4.55. The number of nitrogens with zero attached hydrogens (tertiary/aromatic N) is 5. The van der Waals surface area contributed by atoms with E-state index in [1.54, 1.807) is 6.20 Å². The third-order valence-corrected chi connectivity index (χ3v) is 4.62. The molecule has 22 heavy (non-hydrogen) atoms. The lowest BCUT2D eigenvalue weighted by Crippen LogP contribution is -2.32. The topological polar surface area (TPSA) is 56.0 Å². The Bertz CT molecular complexity index is 730. The van der Waals surface area contributed by atoms with Crippen molar-refractivity contribution in [2.45, 2.75) is 38.8 Å². The molecule has 0 spiro atoms. The first kappa shape index (κ1) is 13.5. The highest BCUT2D eigenvalue weighted by molar-refractivity contribution is 5.37. The van der Waals surface area contributed by atoms with Crippen molar-refractivity contribution >= 4 is 5.82 Å². The summed E-state index contributed by atoms with van der Waals surface area (Å²) < 4.78 is 3.84. The van der Waals surface area contributed by atoms with E-state index in [1.807, 2.05) is 28.6 Å². The minimum absolute atomic E-state index is 0.0479. The zero-order valence-electron chi connectivity index (χ0n) is 12.9. The first-order valence-corrected chi connectivity index (χ1v) is 8.02. The monoisotopic (exact) mass is 299 g/mol. The molecule has 0 radical (unpaired) electrons. The second-order valence-corrected chi connectivity index (χ2v) is 6.54. The van der Waals surface area contributed by atoms with E-state index < -0.39 is 0 Å². The maximum absolute atomic E-state index is 12.6. The second-order valence-electron chi connectivity index (χ2n) is 6.54. The van der Waals surface area contributed by atoms with Gasteiger partial charge in [0.25, 0.3) is 5.56 Å². The second kappa shape index (κ2) is 5.26. The zero-order valence-corrected chi connectivity index (χ0v) is 12.9. The highest BCUT2D eigenvalue weighted by Gasteiger charge is 2.28. The van der Waals surface area contributed by atoms with Gasteiger partial charge in [-0.3, -0.25) is 9.48 Å². The minimum Gasteiger partial charge on any atom is -0.350 e. The summed E-state index contributed by atoms with van der Waals surface area (Å²) in [5, 5.41) is 4.40. The van der Waals surface area contributed by atoms with Gasteiger partial charge in [0.1, 0.15) is 0 Å². The van der Waals surface area contributed by atoms with Crippen LogP contribution in [0.5, 0.6) is 0 Å². The van der Waals surface area contributed by atoms with Crippen LogP contribution >= 0.6 is 0 Å². The molecule has 1 saturated heterocycles. The zero-order chi connectivity index (χ0) is 15.1. The van der Waals surface area contributed by atoms with Crippen LogP contribution in [-0.2, 0) is 6.54 Å². The Hall–Kier alpha value is -2.11. The van der Waals surface area contributed by atoms with Gasteiger partial charge in [0.15, 0.2) is 5.82 Å². The molecule has 2 aromatic heterocycles. The number of aromatic nitrogens is 4. The summed E-state index contributed by atoms with van der Waals surface area (Å²) in [5.74, 6) is 1.28. The smallest absolute Gasteiger partial charge is 0.293 e. The Labute approximate surface area is 129 Å². The van der Waals surface area contributed by atoms with Gasteiger partial charge in [0.2, 0.25) is 0 Å². The van der Waals surface area contributed by atoms with E-state index >= 15 is 0 Å². The van der Waals surface area contributed by atoms with Crippen LogP contribution in [0.2, 0.25) is 0 Å². The van der Waals surface area contributed by atoms with E-state index in [1.165, 1.54) is 18.4 Å². The van der Waals surface area contributed by atoms with Crippen LogP contribution in [0.3, 0.4) is 0 Å². The predicted molar refractivity (Wildman–Crippen MR) is 84.1 cm³/mol. The average Bonchev–Trinajstić information content (AvgIpc) is 3.00. The molecule has 0 N–H and O–H groups in total. The lowest BCUT2D eigenvalue weighted by atomic mass is 10.3. The average molecular weight is 299 g/mol. The molecule has 0 bridgehead atoms. The summed E-state index contributed by atoms with van der Waals surface area (Å²) in [5.41, 5.74) is 1.22. The Morgan fingerprint density at radius 3 is 2.91 bits per heavy atom. The van der Waals surface area contributed by atoms with Gasteiger partial charge in [0, 0.05) is 38.2 Å². The molecule has 0 amide bonds. The molecule has 6 nitrogen and oxygen atoms in total. The molecule has 1 aliphatic heterocycles. The number of hydrogen-bond donors (Lipinski definition) is 0. The van der Waals surface area contributed by atoms with E-state index in [4.69, 9.17) is 0 Å². The molecule has 116 valence electrons. The van der Waals surface area contributed by atoms with Crippen LogP contribution in [0.4, 0.5) is 5.82 Å². The fraction of sp³-hybridized carbons (Fsp3) is 0.562. The lowest BCUT2D eigenvalue weighted by Gasteiger charge is -2.18. The van der Waals surface area contributed by atoms with Crippen molar-refractivity contribution < 1.29 is 0 Å². The largest absolute Gasteiger partial charge is 0.350 e. The molecule has 1 atom stereocenters. The fourth-order valence-electron chi connectivity index (χ4n) is 3.16. The third-order valence-electron chi connectivity index (χ3n) is 4.62. The van der Waals surface area contributed by atoms with Crippen molar-refractivity contribution in [2.75, 3.05) is 18.0 Å². The molecule has 1 aliphatic carbocycles. The number of rotatable bonds is 4. The summed E-state index contributed by atoms with van der Waals surface area (Å²) in [6.07, 6.45) is 11.0. The molecule has 6 heteroatoms. The summed E-state index contributed by atoms with van der Waals surface area (Å²) in [6, 6.07) is 0.326. The molecule has 0 aromatic carbocycles. The third kappa shape index (κ3) is 2.53. The van der Waals surface area contributed by atoms with Crippen molar-refractivity contribution in [1.29, 1.82) is 0 Å². The van der Waals surface area contributed by atoms with E-state index in [9.17, 15) is 4.79 Å². The van der Waals surface area contributed by atoms with Gasteiger partial charge in [-0.2, -0.15) is 5.10 Å². The summed E-state index contributed by atoms with van der Waals surface area (Å²) >= 11 is 0. The maximum atomic E-state index is 12.6. The number of aryl methyl sites for hydroxylation is 1. The van der Waals surface area contributed by atoms with E-state index in [0.29, 0.717) is 17.8 Å². The molecule has 2 aliphatic rings. The van der Waals surface area contributed by atoms with Crippen molar-refractivity contribution in [1.82, 2.24) is 19.3 Å². The Morgan fingerprint density at radius 2 is 2.18 bits per heavy atom. The van der Waals surface area contributed by atoms with Gasteiger partial charge in [-0.15, -0.1) is 0 Å². The Kier molecular flexibility index (Phi) is 3.24. The molecule has 2 fully saturated rings. The van der Waals surface area contributed by atoms with Crippen LogP contribution in [0.15, 0.2) is 29.6 Å². The van der Waals surface area contributed by atoms with Gasteiger partial charge >= 0.3 is 0 Å². The first-order chi connectivity index (χ1) is 10.7.